The van der Waals surface area contributed by atoms with E-state index in [0.717, 1.165) is 19.4 Å². The molecule has 1 heterocycles. The highest BCUT2D eigenvalue weighted by Crippen LogP contribution is 2.30. The highest BCUT2D eigenvalue weighted by molar-refractivity contribution is 8.00. The van der Waals surface area contributed by atoms with Gasteiger partial charge >= 0.3 is 0 Å². The number of carbonyl (C=O) groups is 1. The van der Waals surface area contributed by atoms with Crippen molar-refractivity contribution in [3.05, 3.63) is 0 Å². The minimum Gasteiger partial charge on any atom is -0.302 e. The molecule has 0 radical (unpaired) electrons. The molecule has 0 atom stereocenters. The van der Waals surface area contributed by atoms with Crippen LogP contribution in [0.4, 0.5) is 0 Å². The number of rotatable bonds is 5. The van der Waals surface area contributed by atoms with E-state index in [2.05, 4.69) is 30.5 Å². The molecular formula is C13H25NOS. The van der Waals surface area contributed by atoms with E-state index >= 15 is 0 Å². The van der Waals surface area contributed by atoms with E-state index in [-0.39, 0.29) is 0 Å². The van der Waals surface area contributed by atoms with Gasteiger partial charge in [-0.2, -0.15) is 11.8 Å². The monoisotopic (exact) mass is 243 g/mol. The molecule has 0 amide bonds. The molecule has 0 saturated carbocycles. The van der Waals surface area contributed by atoms with Crippen LogP contribution in [0.1, 0.15) is 46.5 Å². The zero-order valence-corrected chi connectivity index (χ0v) is 11.7. The lowest BCUT2D eigenvalue weighted by Gasteiger charge is -2.22. The summed E-state index contributed by atoms with van der Waals surface area (Å²) in [5.74, 6) is 1.64. The molecule has 0 N–H and O–H groups in total. The predicted octanol–water partition coefficient (Wildman–Crippen LogP) is 2.96. The zero-order chi connectivity index (χ0) is 12.0. The van der Waals surface area contributed by atoms with Crippen molar-refractivity contribution >= 4 is 17.5 Å². The molecular weight excluding hydrogens is 218 g/mol. The van der Waals surface area contributed by atoms with Gasteiger partial charge < -0.3 is 4.90 Å². The molecule has 1 rings (SSSR count). The van der Waals surface area contributed by atoms with Crippen molar-refractivity contribution in [1.29, 1.82) is 0 Å². The van der Waals surface area contributed by atoms with Crippen molar-refractivity contribution in [2.75, 3.05) is 25.4 Å². The quantitative estimate of drug-likeness (QED) is 0.740. The van der Waals surface area contributed by atoms with Gasteiger partial charge in [0.15, 0.2) is 0 Å². The van der Waals surface area contributed by atoms with Gasteiger partial charge in [-0.25, -0.2) is 0 Å². The number of hydrogen-bond donors (Lipinski definition) is 0. The van der Waals surface area contributed by atoms with E-state index in [1.165, 1.54) is 25.3 Å². The standard InChI is InChI=1S/C13H25NOS/c1-4-12(15)6-5-8-14-9-7-13(2,3)16-11-10-14/h4-11H2,1-3H3. The summed E-state index contributed by atoms with van der Waals surface area (Å²) in [6.45, 7) is 10.1. The van der Waals surface area contributed by atoms with Crippen LogP contribution in [0, 0.1) is 0 Å². The van der Waals surface area contributed by atoms with Crippen molar-refractivity contribution in [2.45, 2.75) is 51.2 Å². The van der Waals surface area contributed by atoms with Crippen molar-refractivity contribution in [3.63, 3.8) is 0 Å². The van der Waals surface area contributed by atoms with Crippen LogP contribution < -0.4 is 0 Å². The summed E-state index contributed by atoms with van der Waals surface area (Å²) in [7, 11) is 0. The zero-order valence-electron chi connectivity index (χ0n) is 10.9. The first-order chi connectivity index (χ1) is 7.53. The average molecular weight is 243 g/mol. The second kappa shape index (κ2) is 6.65. The van der Waals surface area contributed by atoms with Crippen LogP contribution in [0.15, 0.2) is 0 Å². The molecule has 1 aliphatic heterocycles. The number of hydrogen-bond acceptors (Lipinski definition) is 3. The van der Waals surface area contributed by atoms with Gasteiger partial charge in [0.25, 0.3) is 0 Å². The summed E-state index contributed by atoms with van der Waals surface area (Å²) in [4.78, 5) is 13.7. The number of ketones is 1. The lowest BCUT2D eigenvalue weighted by molar-refractivity contribution is -0.118. The summed E-state index contributed by atoms with van der Waals surface area (Å²) < 4.78 is 0.438. The molecule has 94 valence electrons. The smallest absolute Gasteiger partial charge is 0.132 e. The molecule has 0 aliphatic carbocycles. The maximum atomic E-state index is 11.2. The summed E-state index contributed by atoms with van der Waals surface area (Å²) in [6.07, 6.45) is 3.77. The van der Waals surface area contributed by atoms with Gasteiger partial charge in [-0.15, -0.1) is 0 Å². The van der Waals surface area contributed by atoms with Crippen LogP contribution in [-0.4, -0.2) is 40.8 Å². The van der Waals surface area contributed by atoms with Crippen molar-refractivity contribution in [2.24, 2.45) is 0 Å². The first-order valence-electron chi connectivity index (χ1n) is 6.41. The van der Waals surface area contributed by atoms with Gasteiger partial charge in [-0.05, 0) is 25.9 Å². The van der Waals surface area contributed by atoms with Gasteiger partial charge in [-0.3, -0.25) is 4.79 Å². The molecule has 0 aromatic rings. The van der Waals surface area contributed by atoms with Crippen LogP contribution in [0.3, 0.4) is 0 Å². The minimum atomic E-state index is 0.407. The summed E-state index contributed by atoms with van der Waals surface area (Å²) in [6, 6.07) is 0. The number of Topliss-reactive ketones (excluding diaryl/α,β-unsaturated/α-hetero) is 1. The van der Waals surface area contributed by atoms with E-state index < -0.39 is 0 Å². The largest absolute Gasteiger partial charge is 0.302 e. The molecule has 0 aromatic heterocycles. The van der Waals surface area contributed by atoms with Crippen LogP contribution >= 0.6 is 11.8 Å². The maximum absolute atomic E-state index is 11.2. The number of thioether (sulfide) groups is 1. The normalized spacial score (nSPS) is 21.7. The molecule has 1 aliphatic rings. The number of nitrogens with zero attached hydrogens (tertiary/aromatic N) is 1. The lowest BCUT2D eigenvalue weighted by atomic mass is 10.1. The predicted molar refractivity (Wildman–Crippen MR) is 72.1 cm³/mol. The fraction of sp³-hybridized carbons (Fsp3) is 0.923. The number of carbonyl (C=O) groups excluding carboxylic acids is 1. The Hall–Kier alpha value is -0.0200. The topological polar surface area (TPSA) is 20.3 Å². The molecule has 0 bridgehead atoms. The Bertz CT molecular complexity index is 228. The summed E-state index contributed by atoms with van der Waals surface area (Å²) >= 11 is 2.08. The van der Waals surface area contributed by atoms with E-state index in [9.17, 15) is 4.79 Å². The Kier molecular flexibility index (Phi) is 5.84. The van der Waals surface area contributed by atoms with Crippen molar-refractivity contribution in [3.8, 4) is 0 Å². The van der Waals surface area contributed by atoms with Gasteiger partial charge in [0.05, 0.1) is 0 Å². The fourth-order valence-corrected chi connectivity index (χ4v) is 3.10. The summed E-state index contributed by atoms with van der Waals surface area (Å²) in [5, 5.41) is 0. The first kappa shape index (κ1) is 14.0. The second-order valence-electron chi connectivity index (χ2n) is 5.20. The Morgan fingerprint density at radius 2 is 2.12 bits per heavy atom. The van der Waals surface area contributed by atoms with E-state index in [0.29, 0.717) is 17.0 Å². The van der Waals surface area contributed by atoms with E-state index in [1.807, 2.05) is 6.92 Å². The second-order valence-corrected chi connectivity index (χ2v) is 7.00. The highest BCUT2D eigenvalue weighted by atomic mass is 32.2. The molecule has 2 nitrogen and oxygen atoms in total. The average Bonchev–Trinajstić information content (AvgIpc) is 2.40. The van der Waals surface area contributed by atoms with Crippen LogP contribution in [-0.2, 0) is 4.79 Å². The maximum Gasteiger partial charge on any atom is 0.132 e. The molecule has 16 heavy (non-hydrogen) atoms. The van der Waals surface area contributed by atoms with Gasteiger partial charge in [0.2, 0.25) is 0 Å². The van der Waals surface area contributed by atoms with E-state index in [1.54, 1.807) is 0 Å². The molecule has 1 fully saturated rings. The third kappa shape index (κ3) is 5.35. The third-order valence-corrected chi connectivity index (χ3v) is 4.63. The van der Waals surface area contributed by atoms with Crippen LogP contribution in [0.5, 0.6) is 0 Å². The molecule has 0 unspecified atom stereocenters. The van der Waals surface area contributed by atoms with Crippen molar-refractivity contribution in [1.82, 2.24) is 4.90 Å². The molecule has 3 heteroatoms. The van der Waals surface area contributed by atoms with Crippen LogP contribution in [0.2, 0.25) is 0 Å². The van der Waals surface area contributed by atoms with Crippen molar-refractivity contribution < 1.29 is 4.79 Å². The third-order valence-electron chi connectivity index (χ3n) is 3.25. The minimum absolute atomic E-state index is 0.407. The van der Waals surface area contributed by atoms with Crippen LogP contribution in [0.25, 0.3) is 0 Å². The Balaban J connectivity index is 2.20. The van der Waals surface area contributed by atoms with Gasteiger partial charge in [0.1, 0.15) is 5.78 Å². The summed E-state index contributed by atoms with van der Waals surface area (Å²) in [5.41, 5.74) is 0. The highest BCUT2D eigenvalue weighted by Gasteiger charge is 2.23. The Morgan fingerprint density at radius 1 is 1.38 bits per heavy atom. The molecule has 0 spiro atoms. The first-order valence-corrected chi connectivity index (χ1v) is 7.40. The van der Waals surface area contributed by atoms with Gasteiger partial charge in [0, 0.05) is 29.9 Å². The SMILES string of the molecule is CCC(=O)CCCN1CCSC(C)(C)CC1. The fourth-order valence-electron chi connectivity index (χ4n) is 1.96. The lowest BCUT2D eigenvalue weighted by Crippen LogP contribution is -2.28. The molecule has 1 saturated heterocycles. The Morgan fingerprint density at radius 3 is 2.81 bits per heavy atom. The van der Waals surface area contributed by atoms with Gasteiger partial charge in [-0.1, -0.05) is 20.8 Å². The van der Waals surface area contributed by atoms with E-state index in [4.69, 9.17) is 0 Å². The molecule has 0 aromatic carbocycles. The Labute approximate surface area is 104 Å².